The van der Waals surface area contributed by atoms with Crippen molar-refractivity contribution < 1.29 is 15.3 Å². The largest absolute Gasteiger partial charge is 0.512 e. The molecule has 3 rings (SSSR count). The minimum atomic E-state index is 0.0259. The second-order valence-corrected chi connectivity index (χ2v) is 7.32. The molecule has 0 saturated carbocycles. The fourth-order valence-electron chi connectivity index (χ4n) is 3.72. The van der Waals surface area contributed by atoms with Gasteiger partial charge in [-0.25, -0.2) is 0 Å². The van der Waals surface area contributed by atoms with E-state index in [0.29, 0.717) is 23.7 Å². The molecule has 3 heteroatoms. The van der Waals surface area contributed by atoms with Crippen molar-refractivity contribution in [2.45, 2.75) is 46.5 Å². The summed E-state index contributed by atoms with van der Waals surface area (Å²) in [5, 5.41) is 29.9. The van der Waals surface area contributed by atoms with Gasteiger partial charge in [-0.15, -0.1) is 0 Å². The molecule has 0 aromatic heterocycles. The molecule has 3 N–H and O–H groups in total. The summed E-state index contributed by atoms with van der Waals surface area (Å²) in [7, 11) is 0. The van der Waals surface area contributed by atoms with E-state index in [0.717, 1.165) is 39.8 Å². The summed E-state index contributed by atoms with van der Waals surface area (Å²) in [5.74, 6) is 1.04. The van der Waals surface area contributed by atoms with Crippen molar-refractivity contribution in [3.05, 3.63) is 81.1 Å². The van der Waals surface area contributed by atoms with Crippen LogP contribution in [0.4, 0.5) is 0 Å². The standard InChI is InChI=1S/C23H26O3/c1-13-11-21(25)15(3)9-19(13)23(17-5-7-18(24)8-6-17)20-10-16(4)22(26)12-14(20)2/h5,7,9-12,23-26H,6,8H2,1-4H3. The molecule has 0 saturated heterocycles. The van der Waals surface area contributed by atoms with Gasteiger partial charge in [0.2, 0.25) is 0 Å². The lowest BCUT2D eigenvalue weighted by atomic mass is 9.77. The van der Waals surface area contributed by atoms with E-state index < -0.39 is 0 Å². The fourth-order valence-corrected chi connectivity index (χ4v) is 3.72. The Morgan fingerprint density at radius 2 is 1.15 bits per heavy atom. The van der Waals surface area contributed by atoms with Crippen LogP contribution < -0.4 is 0 Å². The van der Waals surface area contributed by atoms with Crippen molar-refractivity contribution in [3.63, 3.8) is 0 Å². The van der Waals surface area contributed by atoms with Gasteiger partial charge < -0.3 is 15.3 Å². The lowest BCUT2D eigenvalue weighted by Gasteiger charge is -2.27. The molecule has 3 nitrogen and oxygen atoms in total. The first-order chi connectivity index (χ1) is 12.3. The van der Waals surface area contributed by atoms with Gasteiger partial charge in [0.05, 0.1) is 5.76 Å². The molecule has 26 heavy (non-hydrogen) atoms. The van der Waals surface area contributed by atoms with Crippen molar-refractivity contribution >= 4 is 0 Å². The van der Waals surface area contributed by atoms with Gasteiger partial charge in [0.15, 0.2) is 0 Å². The highest BCUT2D eigenvalue weighted by molar-refractivity contribution is 5.54. The maximum absolute atomic E-state index is 10.1. The first kappa shape index (κ1) is 18.1. The first-order valence-electron chi connectivity index (χ1n) is 8.96. The van der Waals surface area contributed by atoms with E-state index in [2.05, 4.69) is 12.1 Å². The average Bonchev–Trinajstić information content (AvgIpc) is 2.58. The van der Waals surface area contributed by atoms with Gasteiger partial charge in [-0.3, -0.25) is 0 Å². The van der Waals surface area contributed by atoms with Crippen LogP contribution in [0.2, 0.25) is 0 Å². The van der Waals surface area contributed by atoms with Gasteiger partial charge in [-0.2, -0.15) is 0 Å². The van der Waals surface area contributed by atoms with Crippen LogP contribution in [0.3, 0.4) is 0 Å². The molecule has 1 aliphatic carbocycles. The maximum Gasteiger partial charge on any atom is 0.118 e. The highest BCUT2D eigenvalue weighted by atomic mass is 16.3. The van der Waals surface area contributed by atoms with Crippen molar-refractivity contribution in [1.29, 1.82) is 0 Å². The SMILES string of the molecule is Cc1cc(C(C2=CC=C(O)CC2)c2cc(C)c(O)cc2C)c(C)cc1O. The summed E-state index contributed by atoms with van der Waals surface area (Å²) >= 11 is 0. The molecule has 0 aliphatic heterocycles. The summed E-state index contributed by atoms with van der Waals surface area (Å²) in [5.41, 5.74) is 7.27. The summed E-state index contributed by atoms with van der Waals surface area (Å²) in [6.45, 7) is 7.85. The van der Waals surface area contributed by atoms with E-state index in [1.807, 2.05) is 45.9 Å². The fraction of sp³-hybridized carbons (Fsp3) is 0.304. The Morgan fingerprint density at radius 3 is 1.58 bits per heavy atom. The highest BCUT2D eigenvalue weighted by Crippen LogP contribution is 2.42. The third-order valence-corrected chi connectivity index (χ3v) is 5.32. The van der Waals surface area contributed by atoms with Crippen molar-refractivity contribution in [1.82, 2.24) is 0 Å². The topological polar surface area (TPSA) is 60.7 Å². The highest BCUT2D eigenvalue weighted by Gasteiger charge is 2.25. The van der Waals surface area contributed by atoms with Crippen LogP contribution in [0, 0.1) is 27.7 Å². The third kappa shape index (κ3) is 3.34. The molecule has 0 fully saturated rings. The van der Waals surface area contributed by atoms with Gasteiger partial charge >= 0.3 is 0 Å². The minimum absolute atomic E-state index is 0.0259. The molecule has 0 atom stereocenters. The van der Waals surface area contributed by atoms with Gasteiger partial charge in [-0.1, -0.05) is 23.8 Å². The molecular formula is C23H26O3. The molecule has 2 aromatic rings. The second-order valence-electron chi connectivity index (χ2n) is 7.32. The van der Waals surface area contributed by atoms with E-state index in [4.69, 9.17) is 0 Å². The summed E-state index contributed by atoms with van der Waals surface area (Å²) in [6, 6.07) is 7.74. The number of rotatable bonds is 3. The molecule has 136 valence electrons. The zero-order valence-electron chi connectivity index (χ0n) is 15.8. The molecule has 2 aromatic carbocycles. The zero-order chi connectivity index (χ0) is 19.0. The number of phenols is 2. The summed E-state index contributed by atoms with van der Waals surface area (Å²) in [4.78, 5) is 0. The normalized spacial score (nSPS) is 14.3. The Labute approximate surface area is 155 Å². The summed E-state index contributed by atoms with van der Waals surface area (Å²) in [6.07, 6.45) is 5.20. The Morgan fingerprint density at radius 1 is 0.654 bits per heavy atom. The number of aromatic hydroxyl groups is 2. The van der Waals surface area contributed by atoms with E-state index in [1.54, 1.807) is 6.08 Å². The van der Waals surface area contributed by atoms with E-state index >= 15 is 0 Å². The monoisotopic (exact) mass is 350 g/mol. The van der Waals surface area contributed by atoms with Crippen LogP contribution >= 0.6 is 0 Å². The van der Waals surface area contributed by atoms with Crippen LogP contribution in [-0.4, -0.2) is 15.3 Å². The second kappa shape index (κ2) is 6.91. The van der Waals surface area contributed by atoms with Crippen molar-refractivity contribution in [2.75, 3.05) is 0 Å². The average molecular weight is 350 g/mol. The predicted octanol–water partition coefficient (Wildman–Crippen LogP) is 5.63. The number of allylic oxidation sites excluding steroid dienone is 4. The summed E-state index contributed by atoms with van der Waals surface area (Å²) < 4.78 is 0. The number of aliphatic hydroxyl groups excluding tert-OH is 1. The molecule has 1 aliphatic rings. The van der Waals surface area contributed by atoms with Gasteiger partial charge in [0.25, 0.3) is 0 Å². The molecule has 0 radical (unpaired) electrons. The quantitative estimate of drug-likeness (QED) is 0.673. The number of aliphatic hydroxyl groups is 1. The third-order valence-electron chi connectivity index (χ3n) is 5.32. The number of aryl methyl sites for hydroxylation is 4. The number of benzene rings is 2. The first-order valence-corrected chi connectivity index (χ1v) is 8.96. The molecule has 0 bridgehead atoms. The van der Waals surface area contributed by atoms with E-state index in [9.17, 15) is 15.3 Å². The van der Waals surface area contributed by atoms with Crippen molar-refractivity contribution in [2.24, 2.45) is 0 Å². The minimum Gasteiger partial charge on any atom is -0.512 e. The van der Waals surface area contributed by atoms with Gasteiger partial charge in [0, 0.05) is 12.3 Å². The Bertz CT molecular complexity index is 862. The molecule has 0 amide bonds. The lowest BCUT2D eigenvalue weighted by molar-refractivity contribution is 0.384. The Hall–Kier alpha value is -2.68. The Kier molecular flexibility index (Phi) is 4.82. The predicted molar refractivity (Wildman–Crippen MR) is 105 cm³/mol. The van der Waals surface area contributed by atoms with Crippen LogP contribution in [0.5, 0.6) is 11.5 Å². The zero-order valence-corrected chi connectivity index (χ0v) is 15.8. The number of hydrogen-bond acceptors (Lipinski definition) is 3. The molecule has 0 unspecified atom stereocenters. The van der Waals surface area contributed by atoms with Gasteiger partial charge in [0.1, 0.15) is 11.5 Å². The Balaban J connectivity index is 2.25. The van der Waals surface area contributed by atoms with Crippen LogP contribution in [0.25, 0.3) is 0 Å². The van der Waals surface area contributed by atoms with Crippen molar-refractivity contribution in [3.8, 4) is 11.5 Å². The van der Waals surface area contributed by atoms with Gasteiger partial charge in [-0.05, 0) is 85.7 Å². The molecule has 0 spiro atoms. The van der Waals surface area contributed by atoms with Crippen LogP contribution in [-0.2, 0) is 0 Å². The smallest absolute Gasteiger partial charge is 0.118 e. The number of hydrogen-bond donors (Lipinski definition) is 3. The lowest BCUT2D eigenvalue weighted by Crippen LogP contribution is -2.11. The molecule has 0 heterocycles. The van der Waals surface area contributed by atoms with E-state index in [1.165, 1.54) is 5.57 Å². The maximum atomic E-state index is 10.1. The van der Waals surface area contributed by atoms with Crippen LogP contribution in [0.15, 0.2) is 47.7 Å². The van der Waals surface area contributed by atoms with E-state index in [-0.39, 0.29) is 5.92 Å². The molecular weight excluding hydrogens is 324 g/mol. The number of phenolic OH excluding ortho intramolecular Hbond substituents is 2. The van der Waals surface area contributed by atoms with Crippen LogP contribution in [0.1, 0.15) is 52.1 Å².